The molecule has 0 aromatic rings. The van der Waals surface area contributed by atoms with Crippen molar-refractivity contribution in [1.29, 1.82) is 0 Å². The van der Waals surface area contributed by atoms with E-state index in [1.807, 2.05) is 0 Å². The Morgan fingerprint density at radius 2 is 2.18 bits per heavy atom. The molecule has 1 aliphatic carbocycles. The molecule has 2 aliphatic rings. The Balaban J connectivity index is 2.18. The van der Waals surface area contributed by atoms with Crippen LogP contribution < -0.4 is 5.73 Å². The molecule has 0 spiro atoms. The van der Waals surface area contributed by atoms with Crippen LogP contribution in [0.25, 0.3) is 0 Å². The highest BCUT2D eigenvalue weighted by molar-refractivity contribution is 5.06. The Kier molecular flexibility index (Phi) is 3.81. The van der Waals surface area contributed by atoms with Crippen molar-refractivity contribution < 1.29 is 5.11 Å². The molecule has 3 nitrogen and oxygen atoms in total. The molecule has 0 amide bonds. The lowest BCUT2D eigenvalue weighted by Gasteiger charge is -2.49. The molecule has 100 valence electrons. The van der Waals surface area contributed by atoms with Crippen LogP contribution in [0.2, 0.25) is 0 Å². The Hall–Kier alpha value is -0.120. The molecule has 1 aliphatic heterocycles. The minimum atomic E-state index is -0.537. The van der Waals surface area contributed by atoms with E-state index in [0.29, 0.717) is 6.54 Å². The first kappa shape index (κ1) is 13.3. The second-order valence-electron chi connectivity index (χ2n) is 6.37. The average molecular weight is 240 g/mol. The highest BCUT2D eigenvalue weighted by Crippen LogP contribution is 2.50. The number of hydrogen-bond donors (Lipinski definition) is 2. The lowest BCUT2D eigenvalue weighted by atomic mass is 9.60. The molecular formula is C14H28N2O. The number of likely N-dealkylation sites (N-methyl/N-ethyl adjacent to an activating group) is 1. The van der Waals surface area contributed by atoms with Gasteiger partial charge in [0.1, 0.15) is 0 Å². The topological polar surface area (TPSA) is 49.5 Å². The van der Waals surface area contributed by atoms with Crippen LogP contribution in [0.4, 0.5) is 0 Å². The molecule has 2 rings (SSSR count). The van der Waals surface area contributed by atoms with E-state index in [4.69, 9.17) is 5.73 Å². The van der Waals surface area contributed by atoms with Crippen molar-refractivity contribution in [3.63, 3.8) is 0 Å². The third kappa shape index (κ3) is 2.25. The van der Waals surface area contributed by atoms with E-state index in [2.05, 4.69) is 18.9 Å². The van der Waals surface area contributed by atoms with Gasteiger partial charge in [-0.1, -0.05) is 26.2 Å². The summed E-state index contributed by atoms with van der Waals surface area (Å²) in [6.45, 7) is 4.73. The van der Waals surface area contributed by atoms with Gasteiger partial charge in [0.05, 0.1) is 5.60 Å². The Bertz CT molecular complexity index is 271. The van der Waals surface area contributed by atoms with Crippen LogP contribution in [0.3, 0.4) is 0 Å². The number of likely N-dealkylation sites (tertiary alicyclic amines) is 1. The van der Waals surface area contributed by atoms with Crippen LogP contribution in [-0.4, -0.2) is 42.3 Å². The summed E-state index contributed by atoms with van der Waals surface area (Å²) in [5.41, 5.74) is 5.53. The molecule has 0 radical (unpaired) electrons. The Labute approximate surface area is 105 Å². The lowest BCUT2D eigenvalue weighted by Crippen LogP contribution is -2.56. The van der Waals surface area contributed by atoms with Gasteiger partial charge in [0, 0.05) is 25.0 Å². The second-order valence-corrected chi connectivity index (χ2v) is 6.37. The van der Waals surface area contributed by atoms with Crippen molar-refractivity contribution in [1.82, 2.24) is 4.90 Å². The van der Waals surface area contributed by atoms with Crippen molar-refractivity contribution >= 4 is 0 Å². The van der Waals surface area contributed by atoms with E-state index in [0.717, 1.165) is 38.3 Å². The summed E-state index contributed by atoms with van der Waals surface area (Å²) in [6.07, 6.45) is 6.94. The van der Waals surface area contributed by atoms with Crippen LogP contribution in [-0.2, 0) is 0 Å². The molecule has 3 unspecified atom stereocenters. The molecule has 3 heteroatoms. The molecule has 0 aromatic heterocycles. The van der Waals surface area contributed by atoms with Crippen LogP contribution >= 0.6 is 0 Å². The van der Waals surface area contributed by atoms with Crippen molar-refractivity contribution in [2.24, 2.45) is 17.1 Å². The van der Waals surface area contributed by atoms with Crippen molar-refractivity contribution in [2.45, 2.75) is 51.0 Å². The average Bonchev–Trinajstić information content (AvgIpc) is 2.70. The third-order valence-electron chi connectivity index (χ3n) is 5.34. The standard InChI is InChI=1S/C14H28N2O/c1-3-12-5-4-6-13(9-12,10-15)14(17)7-8-16(2)11-14/h12,17H,3-11,15H2,1-2H3. The molecule has 1 saturated carbocycles. The van der Waals surface area contributed by atoms with E-state index in [-0.39, 0.29) is 5.41 Å². The summed E-state index contributed by atoms with van der Waals surface area (Å²) in [7, 11) is 2.10. The highest BCUT2D eigenvalue weighted by Gasteiger charge is 2.53. The van der Waals surface area contributed by atoms with Crippen LogP contribution in [0.15, 0.2) is 0 Å². The van der Waals surface area contributed by atoms with Crippen LogP contribution in [0.1, 0.15) is 45.4 Å². The number of nitrogens with two attached hydrogens (primary N) is 1. The van der Waals surface area contributed by atoms with Gasteiger partial charge >= 0.3 is 0 Å². The SMILES string of the molecule is CCC1CCCC(CN)(C2(O)CCN(C)C2)C1. The Morgan fingerprint density at radius 1 is 1.41 bits per heavy atom. The van der Waals surface area contributed by atoms with Gasteiger partial charge in [-0.2, -0.15) is 0 Å². The summed E-state index contributed by atoms with van der Waals surface area (Å²) in [4.78, 5) is 2.24. The summed E-state index contributed by atoms with van der Waals surface area (Å²) < 4.78 is 0. The second kappa shape index (κ2) is 4.87. The summed E-state index contributed by atoms with van der Waals surface area (Å²) in [5, 5.41) is 11.0. The fourth-order valence-electron chi connectivity index (χ4n) is 4.05. The first-order valence-corrected chi connectivity index (χ1v) is 7.16. The zero-order valence-electron chi connectivity index (χ0n) is 11.4. The fourth-order valence-corrected chi connectivity index (χ4v) is 4.05. The number of hydrogen-bond acceptors (Lipinski definition) is 3. The maximum atomic E-state index is 11.0. The maximum Gasteiger partial charge on any atom is 0.0854 e. The first-order chi connectivity index (χ1) is 8.05. The zero-order valence-corrected chi connectivity index (χ0v) is 11.4. The van der Waals surface area contributed by atoms with E-state index in [1.165, 1.54) is 19.3 Å². The highest BCUT2D eigenvalue weighted by atomic mass is 16.3. The minimum Gasteiger partial charge on any atom is -0.388 e. The quantitative estimate of drug-likeness (QED) is 0.788. The normalized spacial score (nSPS) is 44.1. The predicted molar refractivity (Wildman–Crippen MR) is 70.8 cm³/mol. The molecule has 1 saturated heterocycles. The molecule has 0 aromatic carbocycles. The fraction of sp³-hybridized carbons (Fsp3) is 1.00. The van der Waals surface area contributed by atoms with Crippen molar-refractivity contribution in [2.75, 3.05) is 26.7 Å². The number of nitrogens with zero attached hydrogens (tertiary/aromatic N) is 1. The van der Waals surface area contributed by atoms with Crippen molar-refractivity contribution in [3.05, 3.63) is 0 Å². The monoisotopic (exact) mass is 240 g/mol. The summed E-state index contributed by atoms with van der Waals surface area (Å²) in [5.74, 6) is 0.766. The lowest BCUT2D eigenvalue weighted by molar-refractivity contribution is -0.0993. The summed E-state index contributed by atoms with van der Waals surface area (Å²) in [6, 6.07) is 0. The number of β-amino-alcohol motifs (C(OH)–C–C–N with tert-alkyl or cyclic N) is 1. The van der Waals surface area contributed by atoms with Gasteiger partial charge < -0.3 is 15.7 Å². The third-order valence-corrected chi connectivity index (χ3v) is 5.34. The predicted octanol–water partition coefficient (Wildman–Crippen LogP) is 1.60. The molecule has 3 atom stereocenters. The van der Waals surface area contributed by atoms with Gasteiger partial charge in [-0.3, -0.25) is 0 Å². The van der Waals surface area contributed by atoms with Gasteiger partial charge in [-0.15, -0.1) is 0 Å². The molecule has 1 heterocycles. The maximum absolute atomic E-state index is 11.0. The number of rotatable bonds is 3. The molecule has 3 N–H and O–H groups in total. The molecular weight excluding hydrogens is 212 g/mol. The van der Waals surface area contributed by atoms with Gasteiger partial charge in [0.15, 0.2) is 0 Å². The van der Waals surface area contributed by atoms with E-state index >= 15 is 0 Å². The van der Waals surface area contributed by atoms with Gasteiger partial charge in [0.25, 0.3) is 0 Å². The largest absolute Gasteiger partial charge is 0.388 e. The van der Waals surface area contributed by atoms with Gasteiger partial charge in [-0.25, -0.2) is 0 Å². The molecule has 17 heavy (non-hydrogen) atoms. The van der Waals surface area contributed by atoms with E-state index < -0.39 is 5.60 Å². The van der Waals surface area contributed by atoms with Gasteiger partial charge in [-0.05, 0) is 32.2 Å². The smallest absolute Gasteiger partial charge is 0.0854 e. The van der Waals surface area contributed by atoms with Crippen LogP contribution in [0.5, 0.6) is 0 Å². The summed E-state index contributed by atoms with van der Waals surface area (Å²) >= 11 is 0. The molecule has 2 fully saturated rings. The Morgan fingerprint density at radius 3 is 2.71 bits per heavy atom. The molecule has 0 bridgehead atoms. The zero-order chi connectivity index (χ0) is 12.5. The van der Waals surface area contributed by atoms with E-state index in [9.17, 15) is 5.11 Å². The number of aliphatic hydroxyl groups is 1. The van der Waals surface area contributed by atoms with E-state index in [1.54, 1.807) is 0 Å². The van der Waals surface area contributed by atoms with Crippen LogP contribution in [0, 0.1) is 11.3 Å². The first-order valence-electron chi connectivity index (χ1n) is 7.16. The van der Waals surface area contributed by atoms with Crippen molar-refractivity contribution in [3.8, 4) is 0 Å². The minimum absolute atomic E-state index is 0.0172. The van der Waals surface area contributed by atoms with Gasteiger partial charge in [0.2, 0.25) is 0 Å².